The van der Waals surface area contributed by atoms with Crippen LogP contribution in [0, 0.1) is 11.8 Å². The fraction of sp³-hybridized carbons (Fsp3) is 0.407. The summed E-state index contributed by atoms with van der Waals surface area (Å²) in [7, 11) is -4.00. The van der Waals surface area contributed by atoms with E-state index in [1.54, 1.807) is 24.3 Å². The third kappa shape index (κ3) is 5.18. The average molecular weight is 495 g/mol. The molecule has 0 radical (unpaired) electrons. The molecule has 0 spiro atoms. The average Bonchev–Trinajstić information content (AvgIpc) is 3.52. The van der Waals surface area contributed by atoms with Crippen LogP contribution in [0.1, 0.15) is 54.6 Å². The number of carbonyl (C=O) groups excluding carboxylic acids is 2. The Kier molecular flexibility index (Phi) is 6.75. The Morgan fingerprint density at radius 3 is 2.51 bits per heavy atom. The number of ketones is 1. The summed E-state index contributed by atoms with van der Waals surface area (Å²) in [6.07, 6.45) is 7.66. The Morgan fingerprint density at radius 1 is 0.971 bits per heavy atom. The minimum Gasteiger partial charge on any atom is -0.451 e. The maximum absolute atomic E-state index is 13.2. The zero-order valence-corrected chi connectivity index (χ0v) is 20.4. The molecule has 0 unspecified atom stereocenters. The van der Waals surface area contributed by atoms with Gasteiger partial charge in [-0.3, -0.25) is 9.59 Å². The zero-order valence-electron chi connectivity index (χ0n) is 19.5. The van der Waals surface area contributed by atoms with Gasteiger partial charge in [0.15, 0.2) is 11.5 Å². The molecule has 184 valence electrons. The van der Waals surface area contributed by atoms with E-state index in [-0.39, 0.29) is 22.5 Å². The lowest BCUT2D eigenvalue weighted by Crippen LogP contribution is -2.40. The molecule has 35 heavy (non-hydrogen) atoms. The van der Waals surface area contributed by atoms with Gasteiger partial charge in [0.2, 0.25) is 0 Å². The van der Waals surface area contributed by atoms with Gasteiger partial charge in [-0.25, -0.2) is 13.1 Å². The van der Waals surface area contributed by atoms with Crippen LogP contribution in [0.5, 0.6) is 0 Å². The molecular weight excluding hydrogens is 464 g/mol. The van der Waals surface area contributed by atoms with Gasteiger partial charge in [-0.05, 0) is 60.7 Å². The van der Waals surface area contributed by atoms with Crippen molar-refractivity contribution >= 4 is 32.7 Å². The van der Waals surface area contributed by atoms with Gasteiger partial charge in [0.05, 0.1) is 10.9 Å². The molecule has 1 saturated heterocycles. The van der Waals surface area contributed by atoms with Gasteiger partial charge in [-0.1, -0.05) is 56.4 Å². The van der Waals surface area contributed by atoms with E-state index in [2.05, 4.69) is 5.32 Å². The molecule has 2 heterocycles. The van der Waals surface area contributed by atoms with Gasteiger partial charge in [0.1, 0.15) is 5.58 Å². The van der Waals surface area contributed by atoms with Crippen molar-refractivity contribution in [2.75, 3.05) is 6.54 Å². The summed E-state index contributed by atoms with van der Waals surface area (Å²) in [4.78, 5) is 25.8. The number of benzene rings is 2. The summed E-state index contributed by atoms with van der Waals surface area (Å²) in [5, 5.41) is 4.09. The largest absolute Gasteiger partial charge is 0.451 e. The quantitative estimate of drug-likeness (QED) is 0.509. The number of sulfonamides is 1. The molecule has 1 amide bonds. The van der Waals surface area contributed by atoms with Gasteiger partial charge >= 0.3 is 5.91 Å². The van der Waals surface area contributed by atoms with Crippen LogP contribution in [0.4, 0.5) is 0 Å². The van der Waals surface area contributed by atoms with Crippen LogP contribution in [0.2, 0.25) is 0 Å². The van der Waals surface area contributed by atoms with Crippen molar-refractivity contribution in [1.29, 1.82) is 0 Å². The molecule has 2 atom stereocenters. The van der Waals surface area contributed by atoms with Crippen LogP contribution in [-0.4, -0.2) is 32.7 Å². The zero-order chi connectivity index (χ0) is 24.4. The van der Waals surface area contributed by atoms with Crippen LogP contribution < -0.4 is 10.0 Å². The molecule has 1 saturated carbocycles. The number of Topliss-reactive ketones (excluding diaryl/α,β-unsaturated/α-hetero) is 1. The predicted octanol–water partition coefficient (Wildman–Crippen LogP) is 4.22. The molecule has 2 aromatic carbocycles. The van der Waals surface area contributed by atoms with E-state index >= 15 is 0 Å². The number of rotatable bonds is 7. The van der Waals surface area contributed by atoms with Crippen molar-refractivity contribution in [1.82, 2.24) is 10.0 Å². The number of furan rings is 1. The van der Waals surface area contributed by atoms with Crippen molar-refractivity contribution in [2.24, 2.45) is 11.8 Å². The van der Waals surface area contributed by atoms with E-state index in [0.717, 1.165) is 18.5 Å². The van der Waals surface area contributed by atoms with Gasteiger partial charge < -0.3 is 9.73 Å². The van der Waals surface area contributed by atoms with E-state index in [9.17, 15) is 18.0 Å². The maximum Gasteiger partial charge on any atom is 0.300 e. The van der Waals surface area contributed by atoms with Gasteiger partial charge in [0, 0.05) is 11.8 Å². The summed E-state index contributed by atoms with van der Waals surface area (Å²) in [5.74, 6) is 0.318. The number of carbonyl (C=O) groups is 2. The monoisotopic (exact) mass is 494 g/mol. The summed E-state index contributed by atoms with van der Waals surface area (Å²) in [6, 6.07) is 14.5. The Bertz CT molecular complexity index is 1330. The SMILES string of the molecule is O=C(NS(=O)(=O)c1ccccc1)c1cc2cc(CC(=O)[C@H]3NCC[C@H]3C3CCCCC3)ccc2o1. The molecule has 8 heteroatoms. The predicted molar refractivity (Wildman–Crippen MR) is 132 cm³/mol. The second-order valence-corrected chi connectivity index (χ2v) is 11.3. The van der Waals surface area contributed by atoms with Crippen molar-refractivity contribution in [3.63, 3.8) is 0 Å². The third-order valence-corrected chi connectivity index (χ3v) is 8.68. The van der Waals surface area contributed by atoms with Crippen LogP contribution in [0.3, 0.4) is 0 Å². The molecular formula is C27H30N2O5S. The Labute approximate surface area is 205 Å². The molecule has 7 nitrogen and oxygen atoms in total. The number of hydrogen-bond acceptors (Lipinski definition) is 6. The highest BCUT2D eigenvalue weighted by atomic mass is 32.2. The van der Waals surface area contributed by atoms with E-state index < -0.39 is 15.9 Å². The number of nitrogens with one attached hydrogen (secondary N) is 2. The topological polar surface area (TPSA) is 105 Å². The summed E-state index contributed by atoms with van der Waals surface area (Å²) < 4.78 is 32.6. The van der Waals surface area contributed by atoms with Crippen molar-refractivity contribution in [3.8, 4) is 0 Å². The lowest BCUT2D eigenvalue weighted by molar-refractivity contribution is -0.121. The van der Waals surface area contributed by atoms with Crippen LogP contribution in [0.25, 0.3) is 11.0 Å². The number of fused-ring (bicyclic) bond motifs is 1. The second-order valence-electron chi connectivity index (χ2n) is 9.66. The minimum atomic E-state index is -4.00. The first-order valence-electron chi connectivity index (χ1n) is 12.3. The fourth-order valence-corrected chi connectivity index (χ4v) is 6.58. The molecule has 5 rings (SSSR count). The standard InChI is InChI=1S/C27H30N2O5S/c30-23(26-22(13-14-28-26)19-7-3-1-4-8-19)16-18-11-12-24-20(15-18)17-25(34-24)27(31)29-35(32,33)21-9-5-2-6-10-21/h2,5-6,9-12,15,17,19,22,26,28H,1,3-4,7-8,13-14,16H2,(H,29,31)/t22-,26-/m0/s1. The van der Waals surface area contributed by atoms with Gasteiger partial charge in [0.25, 0.3) is 10.0 Å². The van der Waals surface area contributed by atoms with E-state index in [1.807, 2.05) is 16.9 Å². The summed E-state index contributed by atoms with van der Waals surface area (Å²) in [5.41, 5.74) is 1.31. The molecule has 2 N–H and O–H groups in total. The lowest BCUT2D eigenvalue weighted by atomic mass is 9.75. The van der Waals surface area contributed by atoms with Crippen molar-refractivity contribution in [3.05, 3.63) is 65.9 Å². The molecule has 1 aromatic heterocycles. The summed E-state index contributed by atoms with van der Waals surface area (Å²) >= 11 is 0. The molecule has 1 aliphatic heterocycles. The van der Waals surface area contributed by atoms with E-state index in [4.69, 9.17) is 4.42 Å². The second kappa shape index (κ2) is 9.95. The van der Waals surface area contributed by atoms with Crippen LogP contribution in [-0.2, 0) is 21.2 Å². The normalized spacial score (nSPS) is 21.3. The first-order chi connectivity index (χ1) is 16.9. The number of amides is 1. The molecule has 2 aliphatic rings. The fourth-order valence-electron chi connectivity index (χ4n) is 5.60. The highest BCUT2D eigenvalue weighted by Gasteiger charge is 2.37. The lowest BCUT2D eigenvalue weighted by Gasteiger charge is -2.30. The minimum absolute atomic E-state index is 0.00249. The van der Waals surface area contributed by atoms with Crippen LogP contribution >= 0.6 is 0 Å². The molecule has 0 bridgehead atoms. The van der Waals surface area contributed by atoms with E-state index in [1.165, 1.54) is 50.3 Å². The van der Waals surface area contributed by atoms with Crippen molar-refractivity contribution < 1.29 is 22.4 Å². The van der Waals surface area contributed by atoms with Gasteiger partial charge in [-0.2, -0.15) is 0 Å². The Hall–Kier alpha value is -2.97. The first kappa shape index (κ1) is 23.8. The smallest absolute Gasteiger partial charge is 0.300 e. The summed E-state index contributed by atoms with van der Waals surface area (Å²) in [6.45, 7) is 0.892. The highest BCUT2D eigenvalue weighted by Crippen LogP contribution is 2.36. The molecule has 2 fully saturated rings. The Morgan fingerprint density at radius 2 is 1.74 bits per heavy atom. The first-order valence-corrected chi connectivity index (χ1v) is 13.8. The van der Waals surface area contributed by atoms with Gasteiger partial charge in [-0.15, -0.1) is 0 Å². The Balaban J connectivity index is 1.28. The third-order valence-electron chi connectivity index (χ3n) is 7.34. The van der Waals surface area contributed by atoms with E-state index in [0.29, 0.717) is 29.2 Å². The van der Waals surface area contributed by atoms with Crippen molar-refractivity contribution in [2.45, 2.75) is 55.9 Å². The molecule has 3 aromatic rings. The number of hydrogen-bond donors (Lipinski definition) is 2. The van der Waals surface area contributed by atoms with Crippen LogP contribution in [0.15, 0.2) is 63.9 Å². The maximum atomic E-state index is 13.2. The highest BCUT2D eigenvalue weighted by molar-refractivity contribution is 7.90. The molecule has 1 aliphatic carbocycles.